The average Bonchev–Trinajstić information content (AvgIpc) is 2.82. The first-order valence-electron chi connectivity index (χ1n) is 6.04. The van der Waals surface area contributed by atoms with Gasteiger partial charge in [-0.3, -0.25) is 4.79 Å². The highest BCUT2D eigenvalue weighted by atomic mass is 79.9. The lowest BCUT2D eigenvalue weighted by Gasteiger charge is -2.20. The van der Waals surface area contributed by atoms with Crippen molar-refractivity contribution >= 4 is 32.7 Å². The Morgan fingerprint density at radius 2 is 2.39 bits per heavy atom. The molecule has 1 fully saturated rings. The average molecular weight is 309 g/mol. The number of hydrogen-bond donors (Lipinski definition) is 1. The first-order valence-corrected chi connectivity index (χ1v) is 6.83. The number of ketones is 1. The molecule has 3 rings (SSSR count). The van der Waals surface area contributed by atoms with Crippen LogP contribution in [0.15, 0.2) is 22.9 Å². The van der Waals surface area contributed by atoms with Crippen LogP contribution in [0, 0.1) is 0 Å². The van der Waals surface area contributed by atoms with Crippen molar-refractivity contribution in [2.75, 3.05) is 6.61 Å². The number of carbonyl (C=O) groups is 1. The van der Waals surface area contributed by atoms with Gasteiger partial charge in [-0.05, 0) is 41.3 Å². The van der Waals surface area contributed by atoms with Crippen LogP contribution in [0.5, 0.6) is 0 Å². The second-order valence-electron chi connectivity index (χ2n) is 4.47. The van der Waals surface area contributed by atoms with Crippen molar-refractivity contribution in [2.45, 2.75) is 25.4 Å². The fourth-order valence-electron chi connectivity index (χ4n) is 2.30. The highest BCUT2D eigenvalue weighted by Crippen LogP contribution is 2.24. The molecule has 1 aliphatic heterocycles. The van der Waals surface area contributed by atoms with Gasteiger partial charge in [-0.25, -0.2) is 4.98 Å². The maximum Gasteiger partial charge on any atom is 0.193 e. The van der Waals surface area contributed by atoms with Crippen molar-refractivity contribution in [1.29, 1.82) is 0 Å². The third-order valence-corrected chi connectivity index (χ3v) is 3.67. The summed E-state index contributed by atoms with van der Waals surface area (Å²) in [5, 5.41) is 0.851. The Morgan fingerprint density at radius 3 is 3.17 bits per heavy atom. The van der Waals surface area contributed by atoms with Gasteiger partial charge in [0, 0.05) is 34.4 Å². The molecule has 0 radical (unpaired) electrons. The van der Waals surface area contributed by atoms with E-state index in [-0.39, 0.29) is 11.9 Å². The van der Waals surface area contributed by atoms with Crippen molar-refractivity contribution in [1.82, 2.24) is 9.97 Å². The van der Waals surface area contributed by atoms with Crippen molar-refractivity contribution in [2.24, 2.45) is 0 Å². The van der Waals surface area contributed by atoms with Crippen LogP contribution in [0.4, 0.5) is 0 Å². The fourth-order valence-corrected chi connectivity index (χ4v) is 2.63. The van der Waals surface area contributed by atoms with Gasteiger partial charge in [0.25, 0.3) is 0 Å². The Morgan fingerprint density at radius 1 is 1.50 bits per heavy atom. The molecule has 5 heteroatoms. The van der Waals surface area contributed by atoms with E-state index in [4.69, 9.17) is 4.74 Å². The lowest BCUT2D eigenvalue weighted by atomic mass is 10.00. The molecule has 1 atom stereocenters. The third-order valence-electron chi connectivity index (χ3n) is 3.24. The van der Waals surface area contributed by atoms with Gasteiger partial charge in [-0.1, -0.05) is 0 Å². The van der Waals surface area contributed by atoms with Gasteiger partial charge in [0.1, 0.15) is 11.8 Å². The molecule has 1 saturated heterocycles. The number of fused-ring (bicyclic) bond motifs is 1. The minimum absolute atomic E-state index is 0.0563. The summed E-state index contributed by atoms with van der Waals surface area (Å²) in [4.78, 5) is 19.7. The lowest BCUT2D eigenvalue weighted by Crippen LogP contribution is -2.28. The molecule has 0 bridgehead atoms. The highest BCUT2D eigenvalue weighted by molar-refractivity contribution is 9.10. The van der Waals surface area contributed by atoms with Gasteiger partial charge >= 0.3 is 0 Å². The number of carbonyl (C=O) groups excluding carboxylic acids is 1. The number of nitrogens with one attached hydrogen (secondary N) is 1. The predicted molar refractivity (Wildman–Crippen MR) is 71.7 cm³/mol. The third kappa shape index (κ3) is 2.08. The van der Waals surface area contributed by atoms with Crippen molar-refractivity contribution in [3.63, 3.8) is 0 Å². The zero-order valence-corrected chi connectivity index (χ0v) is 11.4. The van der Waals surface area contributed by atoms with E-state index in [0.717, 1.165) is 34.8 Å². The van der Waals surface area contributed by atoms with Crippen LogP contribution in [0.3, 0.4) is 0 Å². The van der Waals surface area contributed by atoms with Crippen LogP contribution in [0.25, 0.3) is 11.0 Å². The van der Waals surface area contributed by atoms with Crippen LogP contribution in [0.1, 0.15) is 29.6 Å². The maximum absolute atomic E-state index is 12.4. The molecule has 1 N–H and O–H groups in total. The Hall–Kier alpha value is -1.20. The summed E-state index contributed by atoms with van der Waals surface area (Å²) < 4.78 is 6.42. The number of ether oxygens (including phenoxy) is 1. The van der Waals surface area contributed by atoms with Crippen LogP contribution in [0.2, 0.25) is 0 Å². The van der Waals surface area contributed by atoms with E-state index >= 15 is 0 Å². The summed E-state index contributed by atoms with van der Waals surface area (Å²) in [5.41, 5.74) is 1.41. The molecule has 0 saturated carbocycles. The lowest BCUT2D eigenvalue weighted by molar-refractivity contribution is 0.0188. The van der Waals surface area contributed by atoms with E-state index in [0.29, 0.717) is 12.2 Å². The summed E-state index contributed by atoms with van der Waals surface area (Å²) in [6.45, 7) is 0.681. The van der Waals surface area contributed by atoms with Gasteiger partial charge in [-0.2, -0.15) is 0 Å². The second kappa shape index (κ2) is 4.82. The largest absolute Gasteiger partial charge is 0.370 e. The molecule has 0 aliphatic carbocycles. The van der Waals surface area contributed by atoms with Gasteiger partial charge in [0.15, 0.2) is 5.78 Å². The summed E-state index contributed by atoms with van der Waals surface area (Å²) in [6, 6.07) is 1.91. The Kier molecular flexibility index (Phi) is 3.18. The number of pyridine rings is 1. The summed E-state index contributed by atoms with van der Waals surface area (Å²) in [5.74, 6) is 0.0563. The number of rotatable bonds is 2. The summed E-state index contributed by atoms with van der Waals surface area (Å²) in [6.07, 6.45) is 6.06. The fraction of sp³-hybridized carbons (Fsp3) is 0.385. The molecule has 1 aliphatic rings. The quantitative estimate of drug-likeness (QED) is 0.867. The molecular formula is C13H13BrN2O2. The van der Waals surface area contributed by atoms with E-state index in [2.05, 4.69) is 25.9 Å². The molecule has 2 aromatic heterocycles. The SMILES string of the molecule is O=C(c1c[nH]c2ncc(Br)cc12)C1CCCCO1. The summed E-state index contributed by atoms with van der Waals surface area (Å²) >= 11 is 3.38. The molecule has 2 aromatic rings. The Labute approximate surface area is 113 Å². The zero-order valence-electron chi connectivity index (χ0n) is 9.78. The van der Waals surface area contributed by atoms with Crippen molar-refractivity contribution in [3.05, 3.63) is 28.5 Å². The number of H-pyrrole nitrogens is 1. The van der Waals surface area contributed by atoms with Gasteiger partial charge in [0.2, 0.25) is 0 Å². The first-order chi connectivity index (χ1) is 8.75. The van der Waals surface area contributed by atoms with Crippen LogP contribution >= 0.6 is 15.9 Å². The second-order valence-corrected chi connectivity index (χ2v) is 5.39. The Balaban J connectivity index is 1.98. The molecule has 0 spiro atoms. The molecule has 0 amide bonds. The van der Waals surface area contributed by atoms with Gasteiger partial charge in [0.05, 0.1) is 0 Å². The van der Waals surface area contributed by atoms with Crippen molar-refractivity contribution in [3.8, 4) is 0 Å². The smallest absolute Gasteiger partial charge is 0.193 e. The minimum Gasteiger partial charge on any atom is -0.370 e. The number of nitrogens with zero attached hydrogens (tertiary/aromatic N) is 1. The van der Waals surface area contributed by atoms with Crippen LogP contribution in [-0.4, -0.2) is 28.5 Å². The summed E-state index contributed by atoms with van der Waals surface area (Å²) in [7, 11) is 0. The molecule has 1 unspecified atom stereocenters. The van der Waals surface area contributed by atoms with E-state index in [1.54, 1.807) is 12.4 Å². The normalized spacial score (nSPS) is 20.2. The van der Waals surface area contributed by atoms with Crippen LogP contribution < -0.4 is 0 Å². The standard InChI is InChI=1S/C13H13BrN2O2/c14-8-5-9-10(7-16-13(9)15-6-8)12(17)11-3-1-2-4-18-11/h5-7,11H,1-4H2,(H,15,16). The first kappa shape index (κ1) is 11.9. The van der Waals surface area contributed by atoms with E-state index < -0.39 is 0 Å². The number of aromatic amines is 1. The molecule has 94 valence electrons. The van der Waals surface area contributed by atoms with Gasteiger partial charge in [-0.15, -0.1) is 0 Å². The number of hydrogen-bond acceptors (Lipinski definition) is 3. The number of Topliss-reactive ketones (excluding diaryl/α,β-unsaturated/α-hetero) is 1. The monoisotopic (exact) mass is 308 g/mol. The molecule has 3 heterocycles. The molecule has 4 nitrogen and oxygen atoms in total. The highest BCUT2D eigenvalue weighted by Gasteiger charge is 2.25. The molecule has 0 aromatic carbocycles. The van der Waals surface area contributed by atoms with Crippen molar-refractivity contribution < 1.29 is 9.53 Å². The topological polar surface area (TPSA) is 55.0 Å². The van der Waals surface area contributed by atoms with E-state index in [1.165, 1.54) is 0 Å². The van der Waals surface area contributed by atoms with E-state index in [9.17, 15) is 4.79 Å². The van der Waals surface area contributed by atoms with E-state index in [1.807, 2.05) is 6.07 Å². The maximum atomic E-state index is 12.4. The molecule has 18 heavy (non-hydrogen) atoms. The zero-order chi connectivity index (χ0) is 12.5. The van der Waals surface area contributed by atoms with Crippen LogP contribution in [-0.2, 0) is 4.74 Å². The predicted octanol–water partition coefficient (Wildman–Crippen LogP) is 3.08. The van der Waals surface area contributed by atoms with Gasteiger partial charge < -0.3 is 9.72 Å². The molecular weight excluding hydrogens is 296 g/mol. The minimum atomic E-state index is -0.295. The number of halogens is 1. The Bertz CT molecular complexity index is 588. The number of aromatic nitrogens is 2.